The summed E-state index contributed by atoms with van der Waals surface area (Å²) in [4.78, 5) is 12.3. The number of hydrogen-bond donors (Lipinski definition) is 2. The Morgan fingerprint density at radius 1 is 1.09 bits per heavy atom. The predicted molar refractivity (Wildman–Crippen MR) is 94.1 cm³/mol. The number of carbonyl (C=O) groups is 1. The van der Waals surface area contributed by atoms with Gasteiger partial charge < -0.3 is 5.32 Å². The van der Waals surface area contributed by atoms with E-state index in [9.17, 15) is 13.2 Å². The first-order chi connectivity index (χ1) is 10.7. The number of nitrogens with one attached hydrogen (secondary N) is 2. The van der Waals surface area contributed by atoms with Crippen LogP contribution in [-0.2, 0) is 10.0 Å². The summed E-state index contributed by atoms with van der Waals surface area (Å²) < 4.78 is 24.7. The van der Waals surface area contributed by atoms with Crippen molar-refractivity contribution in [3.8, 4) is 0 Å². The molecule has 0 spiro atoms. The van der Waals surface area contributed by atoms with Crippen LogP contribution in [0.4, 0.5) is 11.4 Å². The first-order valence-electron chi connectivity index (χ1n) is 6.50. The van der Waals surface area contributed by atoms with Gasteiger partial charge >= 0.3 is 0 Å². The SMILES string of the molecule is Cc1cc(Cl)ccc1NC(=O)c1ccc(NS(C)(=O)=O)cc1Cl. The van der Waals surface area contributed by atoms with Crippen molar-refractivity contribution in [1.29, 1.82) is 0 Å². The van der Waals surface area contributed by atoms with Gasteiger partial charge in [0.05, 0.1) is 16.8 Å². The molecular formula is C15H14Cl2N2O3S. The van der Waals surface area contributed by atoms with E-state index >= 15 is 0 Å². The third-order valence-corrected chi connectivity index (χ3v) is 4.11. The van der Waals surface area contributed by atoms with Crippen molar-refractivity contribution < 1.29 is 13.2 Å². The van der Waals surface area contributed by atoms with Crippen LogP contribution in [0.2, 0.25) is 10.0 Å². The molecule has 0 aromatic heterocycles. The minimum Gasteiger partial charge on any atom is -0.322 e. The summed E-state index contributed by atoms with van der Waals surface area (Å²) in [6.45, 7) is 1.82. The molecule has 0 bridgehead atoms. The van der Waals surface area contributed by atoms with Crippen LogP contribution >= 0.6 is 23.2 Å². The molecule has 1 amide bonds. The van der Waals surface area contributed by atoms with Crippen molar-refractivity contribution in [3.63, 3.8) is 0 Å². The first-order valence-corrected chi connectivity index (χ1v) is 9.15. The number of benzene rings is 2. The zero-order valence-corrected chi connectivity index (χ0v) is 14.7. The molecule has 0 aliphatic heterocycles. The summed E-state index contributed by atoms with van der Waals surface area (Å²) in [7, 11) is -3.41. The van der Waals surface area contributed by atoms with E-state index in [-0.39, 0.29) is 16.3 Å². The number of anilines is 2. The zero-order valence-electron chi connectivity index (χ0n) is 12.4. The van der Waals surface area contributed by atoms with Gasteiger partial charge in [-0.2, -0.15) is 0 Å². The molecule has 0 heterocycles. The molecule has 0 fully saturated rings. The van der Waals surface area contributed by atoms with Gasteiger partial charge in [-0.25, -0.2) is 8.42 Å². The molecule has 8 heteroatoms. The van der Waals surface area contributed by atoms with Crippen LogP contribution in [0.1, 0.15) is 15.9 Å². The average molecular weight is 373 g/mol. The minimum absolute atomic E-state index is 0.141. The number of halogens is 2. The van der Waals surface area contributed by atoms with Crippen molar-refractivity contribution in [2.24, 2.45) is 0 Å². The Morgan fingerprint density at radius 3 is 2.35 bits per heavy atom. The van der Waals surface area contributed by atoms with E-state index in [1.54, 1.807) is 18.2 Å². The molecule has 2 rings (SSSR count). The molecule has 122 valence electrons. The fourth-order valence-electron chi connectivity index (χ4n) is 1.93. The molecule has 2 aromatic rings. The van der Waals surface area contributed by atoms with Crippen LogP contribution in [0.5, 0.6) is 0 Å². The van der Waals surface area contributed by atoms with Gasteiger partial charge in [0, 0.05) is 16.4 Å². The largest absolute Gasteiger partial charge is 0.322 e. The number of rotatable bonds is 4. The Labute approximate surface area is 144 Å². The van der Waals surface area contributed by atoms with E-state index in [2.05, 4.69) is 10.0 Å². The van der Waals surface area contributed by atoms with Crippen LogP contribution in [0.15, 0.2) is 36.4 Å². The molecule has 0 radical (unpaired) electrons. The molecule has 2 aromatic carbocycles. The number of aryl methyl sites for hydroxylation is 1. The second-order valence-corrected chi connectivity index (χ2v) is 7.57. The molecule has 0 aliphatic rings. The molecular weight excluding hydrogens is 359 g/mol. The zero-order chi connectivity index (χ0) is 17.2. The maximum absolute atomic E-state index is 12.3. The highest BCUT2D eigenvalue weighted by atomic mass is 35.5. The van der Waals surface area contributed by atoms with Crippen LogP contribution in [0.25, 0.3) is 0 Å². The van der Waals surface area contributed by atoms with Crippen molar-refractivity contribution in [1.82, 2.24) is 0 Å². The highest BCUT2D eigenvalue weighted by molar-refractivity contribution is 7.92. The lowest BCUT2D eigenvalue weighted by Gasteiger charge is -2.11. The van der Waals surface area contributed by atoms with Gasteiger partial charge in [-0.1, -0.05) is 23.2 Å². The normalized spacial score (nSPS) is 11.1. The molecule has 0 unspecified atom stereocenters. The predicted octanol–water partition coefficient (Wildman–Crippen LogP) is 3.93. The second kappa shape index (κ2) is 6.78. The molecule has 0 atom stereocenters. The summed E-state index contributed by atoms with van der Waals surface area (Å²) in [5.74, 6) is -0.397. The van der Waals surface area contributed by atoms with E-state index < -0.39 is 15.9 Å². The second-order valence-electron chi connectivity index (χ2n) is 4.98. The molecule has 2 N–H and O–H groups in total. The van der Waals surface area contributed by atoms with Gasteiger partial charge in [0.2, 0.25) is 10.0 Å². The summed E-state index contributed by atoms with van der Waals surface area (Å²) >= 11 is 11.9. The monoisotopic (exact) mass is 372 g/mol. The van der Waals surface area contributed by atoms with E-state index in [1.165, 1.54) is 18.2 Å². The maximum atomic E-state index is 12.3. The van der Waals surface area contributed by atoms with Crippen molar-refractivity contribution in [2.75, 3.05) is 16.3 Å². The highest BCUT2D eigenvalue weighted by Gasteiger charge is 2.13. The van der Waals surface area contributed by atoms with Gasteiger partial charge in [0.15, 0.2) is 0 Å². The number of amides is 1. The summed E-state index contributed by atoms with van der Waals surface area (Å²) in [6.07, 6.45) is 1.03. The highest BCUT2D eigenvalue weighted by Crippen LogP contribution is 2.24. The summed E-state index contributed by atoms with van der Waals surface area (Å²) in [5.41, 5.74) is 1.96. The van der Waals surface area contributed by atoms with Gasteiger partial charge in [-0.15, -0.1) is 0 Å². The molecule has 0 saturated carbocycles. The topological polar surface area (TPSA) is 75.3 Å². The van der Waals surface area contributed by atoms with Crippen LogP contribution in [-0.4, -0.2) is 20.6 Å². The Balaban J connectivity index is 2.22. The fourth-order valence-corrected chi connectivity index (χ4v) is 2.98. The number of hydrogen-bond acceptors (Lipinski definition) is 3. The van der Waals surface area contributed by atoms with Crippen LogP contribution in [0.3, 0.4) is 0 Å². The van der Waals surface area contributed by atoms with Crippen LogP contribution < -0.4 is 10.0 Å². The van der Waals surface area contributed by atoms with Gasteiger partial charge in [-0.3, -0.25) is 9.52 Å². The minimum atomic E-state index is -3.41. The van der Waals surface area contributed by atoms with Crippen molar-refractivity contribution in [3.05, 3.63) is 57.6 Å². The Morgan fingerprint density at radius 2 is 1.78 bits per heavy atom. The number of sulfonamides is 1. The first kappa shape index (κ1) is 17.6. The van der Waals surface area contributed by atoms with Gasteiger partial charge in [0.25, 0.3) is 5.91 Å². The lowest BCUT2D eigenvalue weighted by atomic mass is 10.1. The van der Waals surface area contributed by atoms with Gasteiger partial charge in [0.1, 0.15) is 0 Å². The Kier molecular flexibility index (Phi) is 5.19. The number of carbonyl (C=O) groups excluding carboxylic acids is 1. The van der Waals surface area contributed by atoms with Crippen LogP contribution in [0, 0.1) is 6.92 Å². The summed E-state index contributed by atoms with van der Waals surface area (Å²) in [5, 5.41) is 3.46. The lowest BCUT2D eigenvalue weighted by molar-refractivity contribution is 0.102. The summed E-state index contributed by atoms with van der Waals surface area (Å²) in [6, 6.07) is 9.41. The third-order valence-electron chi connectivity index (χ3n) is 2.95. The average Bonchev–Trinajstić information content (AvgIpc) is 2.40. The van der Waals surface area contributed by atoms with E-state index in [1.807, 2.05) is 6.92 Å². The third kappa shape index (κ3) is 4.86. The fraction of sp³-hybridized carbons (Fsp3) is 0.133. The molecule has 0 saturated heterocycles. The standard InChI is InChI=1S/C15H14Cl2N2O3S/c1-9-7-10(16)3-6-14(9)18-15(20)12-5-4-11(8-13(12)17)19-23(2,21)22/h3-8,19H,1-2H3,(H,18,20). The molecule has 5 nitrogen and oxygen atoms in total. The Bertz CT molecular complexity index is 867. The van der Waals surface area contributed by atoms with E-state index in [4.69, 9.17) is 23.2 Å². The van der Waals surface area contributed by atoms with Crippen molar-refractivity contribution in [2.45, 2.75) is 6.92 Å². The van der Waals surface area contributed by atoms with Crippen molar-refractivity contribution >= 4 is 50.5 Å². The molecule has 23 heavy (non-hydrogen) atoms. The quantitative estimate of drug-likeness (QED) is 0.853. The van der Waals surface area contributed by atoms with Gasteiger partial charge in [-0.05, 0) is 48.9 Å². The van der Waals surface area contributed by atoms with E-state index in [0.717, 1.165) is 11.8 Å². The maximum Gasteiger partial charge on any atom is 0.257 e. The smallest absolute Gasteiger partial charge is 0.257 e. The lowest BCUT2D eigenvalue weighted by Crippen LogP contribution is -2.14. The Hall–Kier alpha value is -1.76. The molecule has 0 aliphatic carbocycles. The van der Waals surface area contributed by atoms with E-state index in [0.29, 0.717) is 10.7 Å².